The van der Waals surface area contributed by atoms with Gasteiger partial charge >= 0.3 is 0 Å². The first-order chi connectivity index (χ1) is 28.3. The van der Waals surface area contributed by atoms with E-state index in [2.05, 4.69) is 216 Å². The molecular formula is C54H36N2O. The minimum atomic E-state index is 0.881. The van der Waals surface area contributed by atoms with Crippen LogP contribution in [0.1, 0.15) is 0 Å². The number of aromatic nitrogens is 1. The molecule has 0 aliphatic rings. The van der Waals surface area contributed by atoms with Crippen LogP contribution in [0.25, 0.3) is 82.8 Å². The van der Waals surface area contributed by atoms with Gasteiger partial charge in [0.15, 0.2) is 0 Å². The number of hydrogen-bond donors (Lipinski definition) is 0. The summed E-state index contributed by atoms with van der Waals surface area (Å²) in [7, 11) is 0. The van der Waals surface area contributed by atoms with Crippen LogP contribution in [0.4, 0.5) is 17.1 Å². The van der Waals surface area contributed by atoms with Gasteiger partial charge in [0.1, 0.15) is 11.2 Å². The fourth-order valence-corrected chi connectivity index (χ4v) is 8.53. The largest absolute Gasteiger partial charge is 0.456 e. The zero-order valence-corrected chi connectivity index (χ0v) is 31.1. The summed E-state index contributed by atoms with van der Waals surface area (Å²) < 4.78 is 8.79. The van der Waals surface area contributed by atoms with E-state index < -0.39 is 0 Å². The Balaban J connectivity index is 1.10. The number of hydrogen-bond acceptors (Lipinski definition) is 2. The first kappa shape index (κ1) is 32.8. The summed E-state index contributed by atoms with van der Waals surface area (Å²) in [6.07, 6.45) is 0. The summed E-state index contributed by atoms with van der Waals surface area (Å²) in [5, 5.41) is 4.76. The third kappa shape index (κ3) is 5.68. The lowest BCUT2D eigenvalue weighted by Gasteiger charge is -2.27. The Bertz CT molecular complexity index is 3180. The average molecular weight is 729 g/mol. The molecule has 2 aromatic heterocycles. The van der Waals surface area contributed by atoms with Gasteiger partial charge in [-0.15, -0.1) is 0 Å². The smallest absolute Gasteiger partial charge is 0.136 e. The molecule has 268 valence electrons. The molecule has 0 unspecified atom stereocenters. The SMILES string of the molecule is c1ccc(-c2cccc(N(c3ccc(-n4c5ccccc5c5ccccc54)cc3)c3ccc(-c4ccccc4)c(-c4ccc5c(c4)oc4ccccc45)c3)c2)cc1. The van der Waals surface area contributed by atoms with Crippen LogP contribution in [-0.4, -0.2) is 4.57 Å². The second-order valence-corrected chi connectivity index (χ2v) is 14.5. The molecule has 9 aromatic carbocycles. The molecule has 11 rings (SSSR count). The number of nitrogens with zero attached hydrogens (tertiary/aromatic N) is 2. The number of benzene rings is 9. The van der Waals surface area contributed by atoms with Crippen molar-refractivity contribution in [3.63, 3.8) is 0 Å². The van der Waals surface area contributed by atoms with Crippen molar-refractivity contribution in [3.05, 3.63) is 218 Å². The van der Waals surface area contributed by atoms with E-state index in [0.717, 1.165) is 72.5 Å². The topological polar surface area (TPSA) is 21.3 Å². The highest BCUT2D eigenvalue weighted by molar-refractivity contribution is 6.09. The molecule has 0 radical (unpaired) electrons. The number of para-hydroxylation sites is 3. The van der Waals surface area contributed by atoms with Gasteiger partial charge in [-0.2, -0.15) is 0 Å². The van der Waals surface area contributed by atoms with Crippen LogP contribution in [0, 0.1) is 0 Å². The predicted octanol–water partition coefficient (Wildman–Crippen LogP) is 15.2. The van der Waals surface area contributed by atoms with Gasteiger partial charge in [0.2, 0.25) is 0 Å². The third-order valence-electron chi connectivity index (χ3n) is 11.2. The summed E-state index contributed by atoms with van der Waals surface area (Å²) in [6, 6.07) is 78.2. The van der Waals surface area contributed by atoms with Gasteiger partial charge in [-0.1, -0.05) is 140 Å². The van der Waals surface area contributed by atoms with E-state index in [-0.39, 0.29) is 0 Å². The summed E-state index contributed by atoms with van der Waals surface area (Å²) in [5.41, 5.74) is 15.4. The summed E-state index contributed by atoms with van der Waals surface area (Å²) in [5.74, 6) is 0. The number of furan rings is 1. The van der Waals surface area contributed by atoms with Gasteiger partial charge in [0.05, 0.1) is 11.0 Å². The summed E-state index contributed by atoms with van der Waals surface area (Å²) >= 11 is 0. The molecule has 0 aliphatic heterocycles. The van der Waals surface area contributed by atoms with Crippen LogP contribution in [-0.2, 0) is 0 Å². The van der Waals surface area contributed by atoms with E-state index >= 15 is 0 Å². The predicted molar refractivity (Wildman–Crippen MR) is 239 cm³/mol. The highest BCUT2D eigenvalue weighted by Gasteiger charge is 2.19. The molecule has 0 spiro atoms. The Labute approximate surface area is 330 Å². The average Bonchev–Trinajstić information content (AvgIpc) is 3.83. The molecule has 0 saturated heterocycles. The van der Waals surface area contributed by atoms with Gasteiger partial charge < -0.3 is 13.9 Å². The van der Waals surface area contributed by atoms with Crippen molar-refractivity contribution in [2.45, 2.75) is 0 Å². The molecule has 11 aromatic rings. The van der Waals surface area contributed by atoms with Crippen molar-refractivity contribution < 1.29 is 4.42 Å². The molecule has 0 atom stereocenters. The Kier molecular flexibility index (Phi) is 7.82. The molecule has 0 fully saturated rings. The molecule has 0 saturated carbocycles. The molecule has 0 N–H and O–H groups in total. The van der Waals surface area contributed by atoms with E-state index in [1.807, 2.05) is 12.1 Å². The first-order valence-corrected chi connectivity index (χ1v) is 19.4. The lowest BCUT2D eigenvalue weighted by molar-refractivity contribution is 0.669. The van der Waals surface area contributed by atoms with Crippen LogP contribution in [0.2, 0.25) is 0 Å². The second-order valence-electron chi connectivity index (χ2n) is 14.5. The van der Waals surface area contributed by atoms with E-state index in [4.69, 9.17) is 4.42 Å². The molecule has 0 amide bonds. The Morgan fingerprint density at radius 3 is 1.63 bits per heavy atom. The summed E-state index contributed by atoms with van der Waals surface area (Å²) in [6.45, 7) is 0. The number of anilines is 3. The van der Waals surface area contributed by atoms with Crippen molar-refractivity contribution in [2.24, 2.45) is 0 Å². The maximum Gasteiger partial charge on any atom is 0.136 e. The van der Waals surface area contributed by atoms with Gasteiger partial charge in [0.25, 0.3) is 0 Å². The fraction of sp³-hybridized carbons (Fsp3) is 0. The Hall–Kier alpha value is -7.62. The fourth-order valence-electron chi connectivity index (χ4n) is 8.53. The highest BCUT2D eigenvalue weighted by Crippen LogP contribution is 2.43. The van der Waals surface area contributed by atoms with E-state index in [9.17, 15) is 0 Å². The van der Waals surface area contributed by atoms with Crippen LogP contribution < -0.4 is 4.90 Å². The maximum absolute atomic E-state index is 6.41. The molecular weight excluding hydrogens is 693 g/mol. The zero-order valence-electron chi connectivity index (χ0n) is 31.1. The van der Waals surface area contributed by atoms with E-state index in [0.29, 0.717) is 0 Å². The lowest BCUT2D eigenvalue weighted by Crippen LogP contribution is -2.10. The Morgan fingerprint density at radius 1 is 0.316 bits per heavy atom. The van der Waals surface area contributed by atoms with E-state index in [1.54, 1.807) is 0 Å². The maximum atomic E-state index is 6.41. The zero-order chi connectivity index (χ0) is 37.7. The first-order valence-electron chi connectivity index (χ1n) is 19.4. The van der Waals surface area contributed by atoms with Gasteiger partial charge in [0, 0.05) is 44.3 Å². The molecule has 3 heteroatoms. The number of fused-ring (bicyclic) bond motifs is 6. The highest BCUT2D eigenvalue weighted by atomic mass is 16.3. The van der Waals surface area contributed by atoms with Gasteiger partial charge in [-0.3, -0.25) is 0 Å². The summed E-state index contributed by atoms with van der Waals surface area (Å²) in [4.78, 5) is 2.38. The van der Waals surface area contributed by atoms with E-state index in [1.165, 1.54) is 27.4 Å². The quantitative estimate of drug-likeness (QED) is 0.163. The number of rotatable bonds is 7. The van der Waals surface area contributed by atoms with Crippen LogP contribution in [0.5, 0.6) is 0 Å². The van der Waals surface area contributed by atoms with Crippen molar-refractivity contribution in [1.29, 1.82) is 0 Å². The normalized spacial score (nSPS) is 11.5. The molecule has 0 aliphatic carbocycles. The molecule has 3 nitrogen and oxygen atoms in total. The third-order valence-corrected chi connectivity index (χ3v) is 11.2. The minimum absolute atomic E-state index is 0.881. The molecule has 2 heterocycles. The van der Waals surface area contributed by atoms with Crippen LogP contribution in [0.3, 0.4) is 0 Å². The van der Waals surface area contributed by atoms with Crippen LogP contribution >= 0.6 is 0 Å². The van der Waals surface area contributed by atoms with Crippen molar-refractivity contribution in [3.8, 4) is 39.1 Å². The minimum Gasteiger partial charge on any atom is -0.456 e. The molecule has 0 bridgehead atoms. The molecule has 57 heavy (non-hydrogen) atoms. The second kappa shape index (κ2) is 13.6. The Morgan fingerprint density at radius 2 is 0.895 bits per heavy atom. The monoisotopic (exact) mass is 728 g/mol. The van der Waals surface area contributed by atoms with Crippen molar-refractivity contribution >= 4 is 60.8 Å². The van der Waals surface area contributed by atoms with Gasteiger partial charge in [-0.25, -0.2) is 0 Å². The van der Waals surface area contributed by atoms with Gasteiger partial charge in [-0.05, 0) is 112 Å². The lowest BCUT2D eigenvalue weighted by atomic mass is 9.93. The standard InChI is InChI=1S/C54H36N2O/c1-3-14-37(15-4-1)39-18-13-19-43(34-39)55(41-27-29-42(30-28-41)56-51-23-10-7-20-46(51)47-21-8-11-24-52(47)56)44-31-33-45(38-16-5-2-6-17-38)50(36-44)40-26-32-49-48-22-9-12-25-53(48)57-54(49)35-40/h1-36H. The van der Waals surface area contributed by atoms with Crippen molar-refractivity contribution in [2.75, 3.05) is 4.90 Å². The van der Waals surface area contributed by atoms with Crippen LogP contribution in [0.15, 0.2) is 223 Å². The van der Waals surface area contributed by atoms with Crippen molar-refractivity contribution in [1.82, 2.24) is 4.57 Å².